The molecule has 2 aromatic carbocycles. The Kier molecular flexibility index (Phi) is 2.57. The third-order valence-electron chi connectivity index (χ3n) is 3.32. The minimum absolute atomic E-state index is 0.698. The molecular weight excluding hydrogens is 264 g/mol. The van der Waals surface area contributed by atoms with Gasteiger partial charge in [-0.25, -0.2) is 4.98 Å². The number of furan rings is 1. The van der Waals surface area contributed by atoms with E-state index in [1.807, 2.05) is 37.3 Å². The summed E-state index contributed by atoms with van der Waals surface area (Å²) in [6, 6.07) is 14.0. The molecule has 0 N–H and O–H groups in total. The third-order valence-corrected chi connectivity index (χ3v) is 3.32. The molecule has 0 atom stereocenters. The minimum Gasteiger partial charge on any atom is -0.456 e. The van der Waals surface area contributed by atoms with Crippen molar-refractivity contribution in [1.29, 1.82) is 0 Å². The van der Waals surface area contributed by atoms with E-state index in [4.69, 9.17) is 4.42 Å². The first-order valence-corrected chi connectivity index (χ1v) is 6.63. The summed E-state index contributed by atoms with van der Waals surface area (Å²) >= 11 is 0. The summed E-state index contributed by atoms with van der Waals surface area (Å²) in [7, 11) is 0. The molecule has 0 radical (unpaired) electrons. The summed E-state index contributed by atoms with van der Waals surface area (Å²) in [5.41, 5.74) is 2.76. The van der Waals surface area contributed by atoms with Crippen LogP contribution in [0.15, 0.2) is 58.3 Å². The second kappa shape index (κ2) is 4.56. The maximum absolute atomic E-state index is 5.80. The fourth-order valence-electron chi connectivity index (χ4n) is 2.34. The highest BCUT2D eigenvalue weighted by molar-refractivity contribution is 6.06. The van der Waals surface area contributed by atoms with Gasteiger partial charge in [-0.05, 0) is 36.8 Å². The molecule has 0 bridgehead atoms. The fraction of sp³-hybridized carbons (Fsp3) is 0.0625. The molecule has 2 heterocycles. The van der Waals surface area contributed by atoms with E-state index in [9.17, 15) is 0 Å². The van der Waals surface area contributed by atoms with Crippen molar-refractivity contribution in [3.63, 3.8) is 0 Å². The topological polar surface area (TPSA) is 56.2 Å². The minimum atomic E-state index is 0.698. The SMILES string of the molecule is Cc1ncn(/N=C\c2ccc3oc4ccccc4c3c2)n1. The van der Waals surface area contributed by atoms with E-state index in [1.54, 1.807) is 12.5 Å². The van der Waals surface area contributed by atoms with E-state index in [0.717, 1.165) is 27.5 Å². The molecule has 21 heavy (non-hydrogen) atoms. The van der Waals surface area contributed by atoms with Crippen LogP contribution in [0.1, 0.15) is 11.4 Å². The van der Waals surface area contributed by atoms with Crippen molar-refractivity contribution >= 4 is 28.2 Å². The van der Waals surface area contributed by atoms with Crippen LogP contribution in [-0.4, -0.2) is 21.1 Å². The Balaban J connectivity index is 1.79. The Hall–Kier alpha value is -2.95. The van der Waals surface area contributed by atoms with Gasteiger partial charge >= 0.3 is 0 Å². The predicted octanol–water partition coefficient (Wildman–Crippen LogP) is 3.37. The fourth-order valence-corrected chi connectivity index (χ4v) is 2.34. The van der Waals surface area contributed by atoms with Gasteiger partial charge in [0.2, 0.25) is 0 Å². The normalized spacial score (nSPS) is 11.9. The van der Waals surface area contributed by atoms with Crippen LogP contribution in [0.4, 0.5) is 0 Å². The van der Waals surface area contributed by atoms with Crippen molar-refractivity contribution in [1.82, 2.24) is 14.9 Å². The van der Waals surface area contributed by atoms with E-state index >= 15 is 0 Å². The summed E-state index contributed by atoms with van der Waals surface area (Å²) in [6.07, 6.45) is 3.34. The van der Waals surface area contributed by atoms with Crippen molar-refractivity contribution in [2.45, 2.75) is 6.92 Å². The van der Waals surface area contributed by atoms with E-state index < -0.39 is 0 Å². The van der Waals surface area contributed by atoms with Crippen LogP contribution in [0.25, 0.3) is 21.9 Å². The summed E-state index contributed by atoms with van der Waals surface area (Å²) < 4.78 is 5.80. The van der Waals surface area contributed by atoms with Gasteiger partial charge in [-0.15, -0.1) is 9.89 Å². The Bertz CT molecular complexity index is 965. The Morgan fingerprint density at radius 1 is 1.10 bits per heavy atom. The molecule has 0 amide bonds. The second-order valence-corrected chi connectivity index (χ2v) is 4.81. The largest absolute Gasteiger partial charge is 0.456 e. The van der Waals surface area contributed by atoms with Gasteiger partial charge in [0.25, 0.3) is 0 Å². The third kappa shape index (κ3) is 2.08. The quantitative estimate of drug-likeness (QED) is 0.527. The molecule has 0 spiro atoms. The average molecular weight is 276 g/mol. The van der Waals surface area contributed by atoms with Gasteiger partial charge in [-0.2, -0.15) is 5.10 Å². The lowest BCUT2D eigenvalue weighted by Crippen LogP contribution is -1.91. The molecule has 0 aliphatic heterocycles. The van der Waals surface area contributed by atoms with Gasteiger partial charge in [-0.3, -0.25) is 0 Å². The number of hydrogen-bond donors (Lipinski definition) is 0. The lowest BCUT2D eigenvalue weighted by Gasteiger charge is -1.94. The molecule has 0 unspecified atom stereocenters. The summed E-state index contributed by atoms with van der Waals surface area (Å²) in [4.78, 5) is 5.49. The van der Waals surface area contributed by atoms with Crippen molar-refractivity contribution in [2.75, 3.05) is 0 Å². The summed E-state index contributed by atoms with van der Waals surface area (Å²) in [5, 5.41) is 10.6. The first-order chi connectivity index (χ1) is 10.3. The van der Waals surface area contributed by atoms with Crippen molar-refractivity contribution in [2.24, 2.45) is 5.10 Å². The average Bonchev–Trinajstić information content (AvgIpc) is 3.08. The molecule has 102 valence electrons. The molecule has 5 nitrogen and oxygen atoms in total. The molecule has 0 aliphatic rings. The van der Waals surface area contributed by atoms with Crippen molar-refractivity contribution < 1.29 is 4.42 Å². The maximum atomic E-state index is 5.80. The first-order valence-electron chi connectivity index (χ1n) is 6.63. The van der Waals surface area contributed by atoms with Gasteiger partial charge in [0, 0.05) is 10.8 Å². The highest BCUT2D eigenvalue weighted by atomic mass is 16.3. The summed E-state index contributed by atoms with van der Waals surface area (Å²) in [5.74, 6) is 0.698. The highest BCUT2D eigenvalue weighted by Crippen LogP contribution is 2.28. The van der Waals surface area contributed by atoms with E-state index in [0.29, 0.717) is 5.82 Å². The predicted molar refractivity (Wildman–Crippen MR) is 81.5 cm³/mol. The number of aryl methyl sites for hydroxylation is 1. The van der Waals surface area contributed by atoms with Crippen LogP contribution in [0.5, 0.6) is 0 Å². The smallest absolute Gasteiger partial charge is 0.149 e. The van der Waals surface area contributed by atoms with E-state index in [2.05, 4.69) is 27.3 Å². The highest BCUT2D eigenvalue weighted by Gasteiger charge is 2.06. The second-order valence-electron chi connectivity index (χ2n) is 4.81. The number of benzene rings is 2. The number of nitrogens with zero attached hydrogens (tertiary/aromatic N) is 4. The number of hydrogen-bond acceptors (Lipinski definition) is 4. The Labute approximate surface area is 120 Å². The van der Waals surface area contributed by atoms with E-state index in [1.165, 1.54) is 4.79 Å². The Morgan fingerprint density at radius 2 is 1.95 bits per heavy atom. The van der Waals surface area contributed by atoms with Gasteiger partial charge in [0.15, 0.2) is 0 Å². The van der Waals surface area contributed by atoms with Crippen LogP contribution < -0.4 is 0 Å². The van der Waals surface area contributed by atoms with Crippen LogP contribution in [0.3, 0.4) is 0 Å². The van der Waals surface area contributed by atoms with Crippen molar-refractivity contribution in [3.05, 3.63) is 60.2 Å². The molecule has 4 aromatic rings. The molecule has 0 saturated heterocycles. The van der Waals surface area contributed by atoms with Gasteiger partial charge in [-0.1, -0.05) is 18.2 Å². The summed E-state index contributed by atoms with van der Waals surface area (Å²) in [6.45, 7) is 1.83. The zero-order chi connectivity index (χ0) is 14.2. The monoisotopic (exact) mass is 276 g/mol. The molecule has 5 heteroatoms. The van der Waals surface area contributed by atoms with Crippen LogP contribution in [0, 0.1) is 6.92 Å². The number of rotatable bonds is 2. The molecule has 0 saturated carbocycles. The van der Waals surface area contributed by atoms with Crippen LogP contribution in [-0.2, 0) is 0 Å². The van der Waals surface area contributed by atoms with Gasteiger partial charge in [0.05, 0.1) is 6.21 Å². The molecular formula is C16H12N4O. The van der Waals surface area contributed by atoms with E-state index in [-0.39, 0.29) is 0 Å². The van der Waals surface area contributed by atoms with Gasteiger partial charge in [0.1, 0.15) is 23.3 Å². The maximum Gasteiger partial charge on any atom is 0.149 e. The lowest BCUT2D eigenvalue weighted by molar-refractivity contribution is 0.669. The standard InChI is InChI=1S/C16H12N4O/c1-11-17-10-20(19-11)18-9-12-6-7-16-14(8-12)13-4-2-3-5-15(13)21-16/h2-10H,1H3/b18-9-. The number of para-hydroxylation sites is 1. The zero-order valence-electron chi connectivity index (χ0n) is 11.4. The van der Waals surface area contributed by atoms with Gasteiger partial charge < -0.3 is 4.42 Å². The molecule has 0 fully saturated rings. The number of fused-ring (bicyclic) bond motifs is 3. The van der Waals surface area contributed by atoms with Crippen LogP contribution in [0.2, 0.25) is 0 Å². The lowest BCUT2D eigenvalue weighted by atomic mass is 10.1. The molecule has 4 rings (SSSR count). The zero-order valence-corrected chi connectivity index (χ0v) is 11.4. The Morgan fingerprint density at radius 3 is 2.81 bits per heavy atom. The van der Waals surface area contributed by atoms with Crippen molar-refractivity contribution in [3.8, 4) is 0 Å². The molecule has 2 aromatic heterocycles. The number of aromatic nitrogens is 3. The van der Waals surface area contributed by atoms with Crippen LogP contribution >= 0.6 is 0 Å². The first kappa shape index (κ1) is 11.8. The molecule has 0 aliphatic carbocycles.